The van der Waals surface area contributed by atoms with Crippen molar-refractivity contribution in [3.05, 3.63) is 76.4 Å². The number of likely N-dealkylation sites (tertiary alicyclic amines) is 1. The molecular weight excluding hydrogens is 450 g/mol. The Labute approximate surface area is 202 Å². The van der Waals surface area contributed by atoms with Gasteiger partial charge in [0.25, 0.3) is 0 Å². The molecule has 0 radical (unpaired) electrons. The number of aliphatic hydroxyl groups is 1. The summed E-state index contributed by atoms with van der Waals surface area (Å²) in [5.74, 6) is -0.516. The molecule has 1 saturated heterocycles. The van der Waals surface area contributed by atoms with Gasteiger partial charge in [0, 0.05) is 23.0 Å². The Kier molecular flexibility index (Phi) is 6.77. The molecule has 1 aromatic heterocycles. The molecule has 2 aromatic carbocycles. The molecule has 35 heavy (non-hydrogen) atoms. The van der Waals surface area contributed by atoms with Crippen molar-refractivity contribution in [2.75, 3.05) is 19.6 Å². The van der Waals surface area contributed by atoms with E-state index in [0.29, 0.717) is 33.9 Å². The van der Waals surface area contributed by atoms with Crippen LogP contribution in [0, 0.1) is 23.5 Å². The molecule has 7 heteroatoms. The molecule has 1 aliphatic carbocycles. The van der Waals surface area contributed by atoms with Gasteiger partial charge in [0.15, 0.2) is 11.2 Å². The zero-order chi connectivity index (χ0) is 24.4. The fourth-order valence-corrected chi connectivity index (χ4v) is 5.18. The minimum atomic E-state index is -0.403. The largest absolute Gasteiger partial charge is 0.511 e. The number of rotatable bonds is 7. The van der Waals surface area contributed by atoms with E-state index in [1.165, 1.54) is 18.2 Å². The predicted molar refractivity (Wildman–Crippen MR) is 129 cm³/mol. The van der Waals surface area contributed by atoms with Crippen molar-refractivity contribution in [3.8, 4) is 11.3 Å². The van der Waals surface area contributed by atoms with Crippen LogP contribution >= 0.6 is 0 Å². The molecule has 0 amide bonds. The van der Waals surface area contributed by atoms with Crippen LogP contribution in [0.4, 0.5) is 8.78 Å². The zero-order valence-electron chi connectivity index (χ0n) is 19.4. The van der Waals surface area contributed by atoms with Crippen LogP contribution < -0.4 is 10.6 Å². The summed E-state index contributed by atoms with van der Waals surface area (Å²) in [6, 6.07) is 12.1. The van der Waals surface area contributed by atoms with E-state index >= 15 is 0 Å². The van der Waals surface area contributed by atoms with Crippen LogP contribution in [-0.2, 0) is 0 Å². The predicted octanol–water partition coefficient (Wildman–Crippen LogP) is 4.46. The molecule has 182 valence electrons. The minimum absolute atomic E-state index is 0.0224. The molecule has 0 saturated carbocycles. The third-order valence-electron chi connectivity index (χ3n) is 7.19. The van der Waals surface area contributed by atoms with Crippen molar-refractivity contribution in [3.63, 3.8) is 0 Å². The number of benzene rings is 2. The Balaban J connectivity index is 1.17. The fraction of sp³-hybridized carbons (Fsp3) is 0.357. The molecule has 1 atom stereocenters. The highest BCUT2D eigenvalue weighted by molar-refractivity contribution is 5.97. The second-order valence-electron chi connectivity index (χ2n) is 9.40. The van der Waals surface area contributed by atoms with E-state index < -0.39 is 5.82 Å². The van der Waals surface area contributed by atoms with Gasteiger partial charge in [-0.3, -0.25) is 4.79 Å². The number of carbonyl (C=O) groups excluding carboxylic acids is 1. The molecule has 0 bridgehead atoms. The Hall–Kier alpha value is -3.32. The number of piperidine rings is 1. The topological polar surface area (TPSA) is 66.6 Å². The molecule has 1 N–H and O–H groups in total. The highest BCUT2D eigenvalue weighted by atomic mass is 19.1. The van der Waals surface area contributed by atoms with Crippen molar-refractivity contribution in [2.24, 2.45) is 11.8 Å². The van der Waals surface area contributed by atoms with Crippen molar-refractivity contribution in [1.82, 2.24) is 10.1 Å². The third-order valence-corrected chi connectivity index (χ3v) is 7.19. The Morgan fingerprint density at radius 3 is 2.57 bits per heavy atom. The number of ketones is 1. The minimum Gasteiger partial charge on any atom is -0.511 e. The van der Waals surface area contributed by atoms with Gasteiger partial charge >= 0.3 is 0 Å². The van der Waals surface area contributed by atoms with E-state index in [9.17, 15) is 18.7 Å². The molecule has 5 rings (SSSR count). The normalized spacial score (nSPS) is 18.8. The smallest absolute Gasteiger partial charge is 0.166 e. The lowest BCUT2D eigenvalue weighted by atomic mass is 9.88. The van der Waals surface area contributed by atoms with Crippen LogP contribution in [0.15, 0.2) is 53.1 Å². The van der Waals surface area contributed by atoms with Gasteiger partial charge in [-0.2, -0.15) is 0 Å². The van der Waals surface area contributed by atoms with Crippen LogP contribution in [0.5, 0.6) is 0 Å². The Morgan fingerprint density at radius 1 is 1.09 bits per heavy atom. The van der Waals surface area contributed by atoms with Gasteiger partial charge in [0.1, 0.15) is 23.1 Å². The number of hydrogen-bond donors (Lipinski definition) is 1. The van der Waals surface area contributed by atoms with E-state index in [1.54, 1.807) is 30.3 Å². The number of aliphatic hydroxyl groups excluding tert-OH is 1. The molecule has 5 nitrogen and oxygen atoms in total. The van der Waals surface area contributed by atoms with Crippen molar-refractivity contribution in [2.45, 2.75) is 32.1 Å². The maximum Gasteiger partial charge on any atom is 0.166 e. The lowest BCUT2D eigenvalue weighted by Crippen LogP contribution is -2.37. The van der Waals surface area contributed by atoms with E-state index in [-0.39, 0.29) is 29.2 Å². The first kappa shape index (κ1) is 23.4. The lowest BCUT2D eigenvalue weighted by Gasteiger charge is -2.31. The third kappa shape index (κ3) is 4.91. The monoisotopic (exact) mass is 478 g/mol. The van der Waals surface area contributed by atoms with Crippen molar-refractivity contribution >= 4 is 17.6 Å². The summed E-state index contributed by atoms with van der Waals surface area (Å²) in [7, 11) is 0. The van der Waals surface area contributed by atoms with E-state index in [4.69, 9.17) is 4.52 Å². The summed E-state index contributed by atoms with van der Waals surface area (Å²) in [4.78, 5) is 15.0. The second kappa shape index (κ2) is 10.1. The van der Waals surface area contributed by atoms with E-state index in [1.807, 2.05) is 6.08 Å². The van der Waals surface area contributed by atoms with Gasteiger partial charge in [-0.05, 0) is 94.2 Å². The van der Waals surface area contributed by atoms with Gasteiger partial charge in [0.05, 0.1) is 5.22 Å². The lowest BCUT2D eigenvalue weighted by molar-refractivity contribution is 0.0838. The van der Waals surface area contributed by atoms with Crippen LogP contribution in [-0.4, -0.2) is 40.6 Å². The van der Waals surface area contributed by atoms with E-state index in [0.717, 1.165) is 45.3 Å². The Morgan fingerprint density at radius 2 is 1.83 bits per heavy atom. The van der Waals surface area contributed by atoms with Gasteiger partial charge in [-0.25, -0.2) is 8.78 Å². The van der Waals surface area contributed by atoms with Crippen molar-refractivity contribution < 1.29 is 23.2 Å². The highest BCUT2D eigenvalue weighted by Crippen LogP contribution is 2.26. The maximum atomic E-state index is 14.3. The first-order chi connectivity index (χ1) is 17.0. The number of nitrogens with zero attached hydrogens (tertiary/aromatic N) is 2. The molecular formula is C28H28F2N2O3. The van der Waals surface area contributed by atoms with Crippen LogP contribution in [0.25, 0.3) is 23.1 Å². The standard InChI is InChI=1S/C28H28F2N2O3/c29-21-10-7-19(8-11-21)27(33)20-13-16-32(17-14-20)15-3-4-18-9-12-24-25(28(18)34)26(31-35-24)22-5-1-2-6-23(22)30/h1-2,5-8,10-12,18,20,34H,3-4,9,13-17H2. The summed E-state index contributed by atoms with van der Waals surface area (Å²) >= 11 is 0. The molecule has 0 spiro atoms. The number of hydrogen-bond acceptors (Lipinski definition) is 5. The van der Waals surface area contributed by atoms with Crippen LogP contribution in [0.2, 0.25) is 0 Å². The average Bonchev–Trinajstić information content (AvgIpc) is 3.31. The molecule has 2 aliphatic rings. The van der Waals surface area contributed by atoms with Gasteiger partial charge in [-0.15, -0.1) is 0 Å². The number of carbonyl (C=O) groups is 1. The van der Waals surface area contributed by atoms with Crippen LogP contribution in [0.3, 0.4) is 0 Å². The summed E-state index contributed by atoms with van der Waals surface area (Å²) in [5, 5.41) is 15.5. The Bertz CT molecular complexity index is 1320. The number of Topliss-reactive ketones (excluding diaryl/α,β-unsaturated/α-hetero) is 1. The highest BCUT2D eigenvalue weighted by Gasteiger charge is 2.27. The summed E-state index contributed by atoms with van der Waals surface area (Å²) < 4.78 is 32.8. The molecule has 2 heterocycles. The van der Waals surface area contributed by atoms with Gasteiger partial charge in [-0.1, -0.05) is 17.3 Å². The molecule has 1 unspecified atom stereocenters. The second-order valence-corrected chi connectivity index (χ2v) is 9.40. The summed E-state index contributed by atoms with van der Waals surface area (Å²) in [6.07, 6.45) is 5.84. The van der Waals surface area contributed by atoms with Gasteiger partial charge in [0.2, 0.25) is 0 Å². The summed E-state index contributed by atoms with van der Waals surface area (Å²) in [6.45, 7) is 2.58. The molecule has 1 aliphatic heterocycles. The molecule has 3 aromatic rings. The fourth-order valence-electron chi connectivity index (χ4n) is 5.18. The number of fused-ring (bicyclic) bond motifs is 1. The number of halogens is 2. The average molecular weight is 479 g/mol. The molecule has 1 fully saturated rings. The van der Waals surface area contributed by atoms with Crippen molar-refractivity contribution in [1.29, 1.82) is 0 Å². The SMILES string of the molecule is O=C(c1ccc(F)cc1)C1CCN(CCCC2CC=c3onc(-c4ccccc4F)c3=C2O)CC1. The number of aromatic nitrogens is 1. The van der Waals surface area contributed by atoms with E-state index in [2.05, 4.69) is 10.1 Å². The van der Waals surface area contributed by atoms with Crippen LogP contribution in [0.1, 0.15) is 42.5 Å². The van der Waals surface area contributed by atoms with Gasteiger partial charge < -0.3 is 14.5 Å². The quantitative estimate of drug-likeness (QED) is 0.508. The summed E-state index contributed by atoms with van der Waals surface area (Å²) in [5.41, 5.74) is 1.72. The first-order valence-electron chi connectivity index (χ1n) is 12.2. The maximum absolute atomic E-state index is 14.3. The zero-order valence-corrected chi connectivity index (χ0v) is 19.4. The first-order valence-corrected chi connectivity index (χ1v) is 12.2.